The van der Waals surface area contributed by atoms with E-state index in [2.05, 4.69) is 15.8 Å². The van der Waals surface area contributed by atoms with Crippen molar-refractivity contribution in [2.75, 3.05) is 5.32 Å². The molecule has 0 aliphatic rings. The lowest BCUT2D eigenvalue weighted by atomic mass is 10.1. The molecular weight excluding hydrogens is 466 g/mol. The molecule has 184 valence electrons. The molecule has 0 radical (unpaired) electrons. The Labute approximate surface area is 214 Å². The minimum absolute atomic E-state index is 0.268. The van der Waals surface area contributed by atoms with Gasteiger partial charge in [-0.05, 0) is 68.4 Å². The van der Waals surface area contributed by atoms with Crippen LogP contribution in [0.1, 0.15) is 47.8 Å². The highest BCUT2D eigenvalue weighted by Gasteiger charge is 2.12. The van der Waals surface area contributed by atoms with E-state index in [0.717, 1.165) is 11.1 Å². The first kappa shape index (κ1) is 25.1. The largest absolute Gasteiger partial charge is 0.422 e. The Morgan fingerprint density at radius 3 is 2.16 bits per heavy atom. The van der Waals surface area contributed by atoms with Crippen molar-refractivity contribution in [2.24, 2.45) is 5.10 Å². The van der Waals surface area contributed by atoms with Crippen LogP contribution in [0, 0.1) is 13.8 Å². The Morgan fingerprint density at radius 1 is 0.703 bits per heavy atom. The average molecular weight is 492 g/mol. The molecule has 4 aromatic carbocycles. The van der Waals surface area contributed by atoms with E-state index in [0.29, 0.717) is 33.7 Å². The predicted molar refractivity (Wildman–Crippen MR) is 143 cm³/mol. The first-order valence-electron chi connectivity index (χ1n) is 11.6. The van der Waals surface area contributed by atoms with E-state index >= 15 is 0 Å². The Morgan fingerprint density at radius 2 is 1.41 bits per heavy atom. The van der Waals surface area contributed by atoms with Gasteiger partial charge in [0.25, 0.3) is 11.8 Å². The van der Waals surface area contributed by atoms with Crippen LogP contribution in [-0.2, 0) is 0 Å². The molecule has 0 aliphatic heterocycles. The fourth-order valence-corrected chi connectivity index (χ4v) is 3.48. The number of amides is 2. The summed E-state index contributed by atoms with van der Waals surface area (Å²) in [5.74, 6) is -0.908. The van der Waals surface area contributed by atoms with Crippen LogP contribution < -0.4 is 15.5 Å². The number of aryl methyl sites for hydroxylation is 2. The summed E-state index contributed by atoms with van der Waals surface area (Å²) in [6.07, 6.45) is 1.40. The minimum atomic E-state index is -0.491. The quantitative estimate of drug-likeness (QED) is 0.154. The van der Waals surface area contributed by atoms with E-state index in [1.54, 1.807) is 72.8 Å². The molecule has 0 fully saturated rings. The van der Waals surface area contributed by atoms with Crippen LogP contribution in [0.4, 0.5) is 5.69 Å². The van der Waals surface area contributed by atoms with Gasteiger partial charge in [-0.3, -0.25) is 9.59 Å². The van der Waals surface area contributed by atoms with Gasteiger partial charge in [0.2, 0.25) is 0 Å². The minimum Gasteiger partial charge on any atom is -0.422 e. The van der Waals surface area contributed by atoms with Gasteiger partial charge >= 0.3 is 5.97 Å². The Balaban J connectivity index is 1.40. The van der Waals surface area contributed by atoms with Crippen LogP contribution in [0.25, 0.3) is 0 Å². The molecule has 0 heterocycles. The van der Waals surface area contributed by atoms with Crippen molar-refractivity contribution in [1.29, 1.82) is 0 Å². The molecule has 0 aliphatic carbocycles. The molecule has 7 heteroatoms. The SMILES string of the molecule is Cc1ccc(C(=O)Oc2ccccc2C=NNC(=O)c2cccc(NC(=O)c3cccc(C)c3)c2)cc1. The first-order chi connectivity index (χ1) is 17.9. The monoisotopic (exact) mass is 491 g/mol. The van der Waals surface area contributed by atoms with Crippen molar-refractivity contribution in [3.05, 3.63) is 130 Å². The van der Waals surface area contributed by atoms with Crippen molar-refractivity contribution < 1.29 is 19.1 Å². The third kappa shape index (κ3) is 6.76. The molecule has 0 unspecified atom stereocenters. The zero-order valence-electron chi connectivity index (χ0n) is 20.4. The maximum Gasteiger partial charge on any atom is 0.343 e. The lowest BCUT2D eigenvalue weighted by Crippen LogP contribution is -2.18. The molecule has 0 atom stereocenters. The zero-order chi connectivity index (χ0) is 26.2. The van der Waals surface area contributed by atoms with Gasteiger partial charge in [-0.2, -0.15) is 5.10 Å². The Bertz CT molecular complexity index is 1480. The topological polar surface area (TPSA) is 96.9 Å². The summed E-state index contributed by atoms with van der Waals surface area (Å²) in [5, 5.41) is 6.81. The zero-order valence-corrected chi connectivity index (χ0v) is 20.4. The highest BCUT2D eigenvalue weighted by molar-refractivity contribution is 6.05. The Hall–Kier alpha value is -5.04. The summed E-state index contributed by atoms with van der Waals surface area (Å²) in [4.78, 5) is 37.7. The van der Waals surface area contributed by atoms with E-state index in [-0.39, 0.29) is 5.91 Å². The van der Waals surface area contributed by atoms with Crippen LogP contribution in [0.3, 0.4) is 0 Å². The van der Waals surface area contributed by atoms with Crippen molar-refractivity contribution in [1.82, 2.24) is 5.43 Å². The standard InChI is InChI=1S/C30H25N3O4/c1-20-13-15-22(16-14-20)30(36)37-27-12-4-3-8-25(27)19-31-33-29(35)24-10-6-11-26(18-24)32-28(34)23-9-5-7-21(2)17-23/h3-19H,1-2H3,(H,32,34)(H,33,35). The number of hydrogen-bond donors (Lipinski definition) is 2. The number of ether oxygens (including phenoxy) is 1. The van der Waals surface area contributed by atoms with Crippen LogP contribution in [-0.4, -0.2) is 24.0 Å². The molecule has 2 N–H and O–H groups in total. The second-order valence-electron chi connectivity index (χ2n) is 8.40. The number of nitrogens with zero attached hydrogens (tertiary/aromatic N) is 1. The van der Waals surface area contributed by atoms with Crippen LogP contribution in [0.15, 0.2) is 102 Å². The lowest BCUT2D eigenvalue weighted by molar-refractivity contribution is 0.0734. The molecular formula is C30H25N3O4. The van der Waals surface area contributed by atoms with Crippen LogP contribution in [0.5, 0.6) is 5.75 Å². The van der Waals surface area contributed by atoms with Gasteiger partial charge in [-0.1, -0.05) is 53.6 Å². The van der Waals surface area contributed by atoms with Gasteiger partial charge in [-0.25, -0.2) is 10.2 Å². The van der Waals surface area contributed by atoms with Gasteiger partial charge in [0, 0.05) is 22.4 Å². The van der Waals surface area contributed by atoms with Gasteiger partial charge in [0.1, 0.15) is 5.75 Å². The molecule has 0 aromatic heterocycles. The number of anilines is 1. The van der Waals surface area contributed by atoms with Crippen molar-refractivity contribution in [3.8, 4) is 5.75 Å². The van der Waals surface area contributed by atoms with Crippen molar-refractivity contribution in [3.63, 3.8) is 0 Å². The number of nitrogens with one attached hydrogen (secondary N) is 2. The number of hydrazone groups is 1. The number of carbonyl (C=O) groups excluding carboxylic acids is 3. The van der Waals surface area contributed by atoms with E-state index in [4.69, 9.17) is 4.74 Å². The van der Waals surface area contributed by atoms with Crippen molar-refractivity contribution in [2.45, 2.75) is 13.8 Å². The number of esters is 1. The smallest absolute Gasteiger partial charge is 0.343 e. The molecule has 7 nitrogen and oxygen atoms in total. The normalized spacial score (nSPS) is 10.6. The average Bonchev–Trinajstić information content (AvgIpc) is 2.90. The Kier molecular flexibility index (Phi) is 7.85. The van der Waals surface area contributed by atoms with Gasteiger partial charge in [0.15, 0.2) is 0 Å². The first-order valence-corrected chi connectivity index (χ1v) is 11.6. The molecule has 4 aromatic rings. The third-order valence-electron chi connectivity index (χ3n) is 5.44. The fraction of sp³-hybridized carbons (Fsp3) is 0.0667. The van der Waals surface area contributed by atoms with Gasteiger partial charge in [0.05, 0.1) is 11.8 Å². The van der Waals surface area contributed by atoms with Crippen LogP contribution >= 0.6 is 0 Å². The molecule has 4 rings (SSSR count). The van der Waals surface area contributed by atoms with E-state index < -0.39 is 11.9 Å². The highest BCUT2D eigenvalue weighted by atomic mass is 16.5. The fourth-order valence-electron chi connectivity index (χ4n) is 3.48. The summed E-state index contributed by atoms with van der Waals surface area (Å²) < 4.78 is 5.53. The van der Waals surface area contributed by atoms with E-state index in [1.807, 2.05) is 38.1 Å². The third-order valence-corrected chi connectivity index (χ3v) is 5.44. The van der Waals surface area contributed by atoms with Crippen molar-refractivity contribution >= 4 is 29.7 Å². The molecule has 37 heavy (non-hydrogen) atoms. The summed E-state index contributed by atoms with van der Waals surface area (Å²) in [6.45, 7) is 3.85. The number of para-hydroxylation sites is 1. The number of rotatable bonds is 7. The molecule has 0 bridgehead atoms. The molecule has 0 spiro atoms. The lowest BCUT2D eigenvalue weighted by Gasteiger charge is -2.08. The maximum absolute atomic E-state index is 12.6. The summed E-state index contributed by atoms with van der Waals surface area (Å²) in [5.41, 5.74) is 6.76. The maximum atomic E-state index is 12.6. The van der Waals surface area contributed by atoms with Gasteiger partial charge < -0.3 is 10.1 Å². The summed E-state index contributed by atoms with van der Waals surface area (Å²) in [6, 6.07) is 27.7. The predicted octanol–water partition coefficient (Wildman–Crippen LogP) is 5.54. The molecule has 2 amide bonds. The second kappa shape index (κ2) is 11.6. The summed E-state index contributed by atoms with van der Waals surface area (Å²) in [7, 11) is 0. The van der Waals surface area contributed by atoms with Crippen LogP contribution in [0.2, 0.25) is 0 Å². The second-order valence-corrected chi connectivity index (χ2v) is 8.40. The number of benzene rings is 4. The highest BCUT2D eigenvalue weighted by Crippen LogP contribution is 2.18. The summed E-state index contributed by atoms with van der Waals surface area (Å²) >= 11 is 0. The molecule has 0 saturated carbocycles. The van der Waals surface area contributed by atoms with E-state index in [9.17, 15) is 14.4 Å². The number of hydrogen-bond acceptors (Lipinski definition) is 5. The molecule has 0 saturated heterocycles. The number of carbonyl (C=O) groups is 3. The van der Waals surface area contributed by atoms with Gasteiger partial charge in [-0.15, -0.1) is 0 Å². The van der Waals surface area contributed by atoms with E-state index in [1.165, 1.54) is 6.21 Å².